The molecule has 20 heavy (non-hydrogen) atoms. The molecule has 0 heterocycles. The lowest BCUT2D eigenvalue weighted by Gasteiger charge is -2.09. The van der Waals surface area contributed by atoms with Crippen molar-refractivity contribution in [2.45, 2.75) is 20.5 Å². The SMILES string of the molecule is COc1ccc(COC(=O)c2cccc(C)c2C)cc1. The third-order valence-electron chi connectivity index (χ3n) is 3.35. The van der Waals surface area contributed by atoms with E-state index in [1.165, 1.54) is 0 Å². The molecule has 0 N–H and O–H groups in total. The van der Waals surface area contributed by atoms with Crippen molar-refractivity contribution >= 4 is 5.97 Å². The van der Waals surface area contributed by atoms with E-state index >= 15 is 0 Å². The minimum atomic E-state index is -0.290. The van der Waals surface area contributed by atoms with Crippen LogP contribution in [0.15, 0.2) is 42.5 Å². The van der Waals surface area contributed by atoms with E-state index < -0.39 is 0 Å². The number of rotatable bonds is 4. The molecule has 0 atom stereocenters. The quantitative estimate of drug-likeness (QED) is 0.795. The van der Waals surface area contributed by atoms with Crippen LogP contribution in [0.4, 0.5) is 0 Å². The zero-order valence-corrected chi connectivity index (χ0v) is 12.0. The van der Waals surface area contributed by atoms with Gasteiger partial charge >= 0.3 is 5.97 Å². The molecule has 0 aliphatic rings. The van der Waals surface area contributed by atoms with Gasteiger partial charge in [0.15, 0.2) is 0 Å². The smallest absolute Gasteiger partial charge is 0.338 e. The lowest BCUT2D eigenvalue weighted by atomic mass is 10.0. The fourth-order valence-electron chi connectivity index (χ4n) is 1.92. The number of esters is 1. The van der Waals surface area contributed by atoms with Gasteiger partial charge in [-0.15, -0.1) is 0 Å². The summed E-state index contributed by atoms with van der Waals surface area (Å²) in [5, 5.41) is 0. The summed E-state index contributed by atoms with van der Waals surface area (Å²) in [7, 11) is 1.62. The molecule has 0 saturated heterocycles. The van der Waals surface area contributed by atoms with E-state index in [0.29, 0.717) is 5.56 Å². The van der Waals surface area contributed by atoms with Crippen molar-refractivity contribution in [1.82, 2.24) is 0 Å². The second kappa shape index (κ2) is 6.24. The highest BCUT2D eigenvalue weighted by Crippen LogP contribution is 2.16. The minimum absolute atomic E-state index is 0.260. The van der Waals surface area contributed by atoms with Crippen molar-refractivity contribution < 1.29 is 14.3 Å². The maximum Gasteiger partial charge on any atom is 0.338 e. The number of carbonyl (C=O) groups excluding carboxylic acids is 1. The molecule has 0 aromatic heterocycles. The molecule has 0 fully saturated rings. The van der Waals surface area contributed by atoms with Crippen molar-refractivity contribution in [1.29, 1.82) is 0 Å². The van der Waals surface area contributed by atoms with Gasteiger partial charge in [-0.05, 0) is 48.7 Å². The Morgan fingerprint density at radius 1 is 1.05 bits per heavy atom. The van der Waals surface area contributed by atoms with E-state index in [1.807, 2.05) is 50.2 Å². The number of aryl methyl sites for hydroxylation is 1. The fraction of sp³-hybridized carbons (Fsp3) is 0.235. The minimum Gasteiger partial charge on any atom is -0.497 e. The normalized spacial score (nSPS) is 10.2. The zero-order chi connectivity index (χ0) is 14.5. The van der Waals surface area contributed by atoms with Gasteiger partial charge in [-0.3, -0.25) is 0 Å². The Morgan fingerprint density at radius 2 is 1.75 bits per heavy atom. The van der Waals surface area contributed by atoms with Gasteiger partial charge in [0.05, 0.1) is 12.7 Å². The molecular formula is C17H18O3. The first-order chi connectivity index (χ1) is 9.61. The van der Waals surface area contributed by atoms with E-state index in [2.05, 4.69) is 0 Å². The van der Waals surface area contributed by atoms with Gasteiger partial charge in [-0.25, -0.2) is 4.79 Å². The van der Waals surface area contributed by atoms with Gasteiger partial charge in [-0.1, -0.05) is 24.3 Å². The molecule has 104 valence electrons. The Hall–Kier alpha value is -2.29. The lowest BCUT2D eigenvalue weighted by Crippen LogP contribution is -2.07. The summed E-state index contributed by atoms with van der Waals surface area (Å²) in [6.45, 7) is 4.17. The summed E-state index contributed by atoms with van der Waals surface area (Å²) in [5.41, 5.74) is 3.61. The van der Waals surface area contributed by atoms with Gasteiger partial charge in [0.2, 0.25) is 0 Å². The Labute approximate surface area is 119 Å². The third kappa shape index (κ3) is 3.18. The predicted octanol–water partition coefficient (Wildman–Crippen LogP) is 3.67. The predicted molar refractivity (Wildman–Crippen MR) is 78.0 cm³/mol. The van der Waals surface area contributed by atoms with Crippen molar-refractivity contribution in [2.75, 3.05) is 7.11 Å². The van der Waals surface area contributed by atoms with Gasteiger partial charge in [0.25, 0.3) is 0 Å². The number of ether oxygens (including phenoxy) is 2. The standard InChI is InChI=1S/C17H18O3/c1-12-5-4-6-16(13(12)2)17(18)20-11-14-7-9-15(19-3)10-8-14/h4-10H,11H2,1-3H3. The maximum atomic E-state index is 12.1. The number of carbonyl (C=O) groups is 1. The molecular weight excluding hydrogens is 252 g/mol. The summed E-state index contributed by atoms with van der Waals surface area (Å²) >= 11 is 0. The first kappa shape index (κ1) is 14.1. The van der Waals surface area contributed by atoms with Crippen LogP contribution in [0.1, 0.15) is 27.0 Å². The molecule has 3 nitrogen and oxygen atoms in total. The van der Waals surface area contributed by atoms with E-state index in [4.69, 9.17) is 9.47 Å². The second-order valence-electron chi connectivity index (χ2n) is 4.67. The number of benzene rings is 2. The van der Waals surface area contributed by atoms with E-state index in [-0.39, 0.29) is 12.6 Å². The van der Waals surface area contributed by atoms with E-state index in [9.17, 15) is 4.79 Å². The van der Waals surface area contributed by atoms with Crippen LogP contribution in [0.5, 0.6) is 5.75 Å². The van der Waals surface area contributed by atoms with Crippen LogP contribution >= 0.6 is 0 Å². The fourth-order valence-corrected chi connectivity index (χ4v) is 1.92. The summed E-state index contributed by atoms with van der Waals surface area (Å²) in [6, 6.07) is 13.1. The Balaban J connectivity index is 2.02. The summed E-state index contributed by atoms with van der Waals surface area (Å²) < 4.78 is 10.4. The third-order valence-corrected chi connectivity index (χ3v) is 3.35. The highest BCUT2D eigenvalue weighted by atomic mass is 16.5. The highest BCUT2D eigenvalue weighted by Gasteiger charge is 2.11. The van der Waals surface area contributed by atoms with Crippen LogP contribution in [0.3, 0.4) is 0 Å². The largest absolute Gasteiger partial charge is 0.497 e. The Kier molecular flexibility index (Phi) is 4.41. The topological polar surface area (TPSA) is 35.5 Å². The van der Waals surface area contributed by atoms with E-state index in [0.717, 1.165) is 22.4 Å². The zero-order valence-electron chi connectivity index (χ0n) is 12.0. The van der Waals surface area contributed by atoms with E-state index in [1.54, 1.807) is 13.2 Å². The number of hydrogen-bond acceptors (Lipinski definition) is 3. The molecule has 2 aromatic rings. The van der Waals surface area contributed by atoms with Crippen LogP contribution < -0.4 is 4.74 Å². The van der Waals surface area contributed by atoms with Crippen LogP contribution in [-0.2, 0) is 11.3 Å². The molecule has 0 amide bonds. The van der Waals surface area contributed by atoms with Crippen LogP contribution in [-0.4, -0.2) is 13.1 Å². The van der Waals surface area contributed by atoms with Crippen LogP contribution in [0.2, 0.25) is 0 Å². The molecule has 0 aliphatic heterocycles. The monoisotopic (exact) mass is 270 g/mol. The first-order valence-corrected chi connectivity index (χ1v) is 6.48. The molecule has 0 saturated carbocycles. The molecule has 2 aromatic carbocycles. The molecule has 2 rings (SSSR count). The van der Waals surface area contributed by atoms with Gasteiger partial charge in [0.1, 0.15) is 12.4 Å². The van der Waals surface area contributed by atoms with Crippen LogP contribution in [0, 0.1) is 13.8 Å². The molecule has 0 radical (unpaired) electrons. The van der Waals surface area contributed by atoms with Gasteiger partial charge in [0, 0.05) is 0 Å². The number of methoxy groups -OCH3 is 1. The Bertz CT molecular complexity index is 600. The summed E-state index contributed by atoms with van der Waals surface area (Å²) in [4.78, 5) is 12.1. The number of hydrogen-bond donors (Lipinski definition) is 0. The second-order valence-corrected chi connectivity index (χ2v) is 4.67. The summed E-state index contributed by atoms with van der Waals surface area (Å²) in [6.07, 6.45) is 0. The van der Waals surface area contributed by atoms with Gasteiger partial charge in [-0.2, -0.15) is 0 Å². The Morgan fingerprint density at radius 3 is 2.40 bits per heavy atom. The van der Waals surface area contributed by atoms with Crippen molar-refractivity contribution in [2.24, 2.45) is 0 Å². The van der Waals surface area contributed by atoms with Crippen molar-refractivity contribution in [3.63, 3.8) is 0 Å². The molecule has 0 bridgehead atoms. The average molecular weight is 270 g/mol. The van der Waals surface area contributed by atoms with Gasteiger partial charge < -0.3 is 9.47 Å². The molecule has 0 unspecified atom stereocenters. The van der Waals surface area contributed by atoms with Crippen molar-refractivity contribution in [3.8, 4) is 5.75 Å². The van der Waals surface area contributed by atoms with Crippen molar-refractivity contribution in [3.05, 3.63) is 64.7 Å². The summed E-state index contributed by atoms with van der Waals surface area (Å²) in [5.74, 6) is 0.497. The molecule has 3 heteroatoms. The molecule has 0 spiro atoms. The van der Waals surface area contributed by atoms with Crippen LogP contribution in [0.25, 0.3) is 0 Å². The molecule has 0 aliphatic carbocycles. The lowest BCUT2D eigenvalue weighted by molar-refractivity contribution is 0.0471. The highest BCUT2D eigenvalue weighted by molar-refractivity contribution is 5.91. The average Bonchev–Trinajstić information content (AvgIpc) is 2.48. The first-order valence-electron chi connectivity index (χ1n) is 6.48. The maximum absolute atomic E-state index is 12.1.